The molecule has 2 aliphatic heterocycles. The fraction of sp³-hybridized carbons (Fsp3) is 0.250. The van der Waals surface area contributed by atoms with E-state index in [1.165, 1.54) is 22.4 Å². The summed E-state index contributed by atoms with van der Waals surface area (Å²) in [4.78, 5) is 0. The van der Waals surface area contributed by atoms with Crippen LogP contribution in [-0.4, -0.2) is 27.6 Å². The van der Waals surface area contributed by atoms with Crippen LogP contribution in [0.4, 0.5) is 0 Å². The largest absolute Gasteiger partial charge is 1.00 e. The van der Waals surface area contributed by atoms with Crippen LogP contribution in [0.5, 0.6) is 28.7 Å². The maximum atomic E-state index is 6.10. The molecule has 180 valence electrons. The fourth-order valence-corrected chi connectivity index (χ4v) is 5.05. The Balaban J connectivity index is 0.00000253. The number of pyridine rings is 1. The minimum Gasteiger partial charge on any atom is -1.00 e. The number of rotatable bonds is 6. The van der Waals surface area contributed by atoms with Crippen LogP contribution in [0.2, 0.25) is 0 Å². The zero-order valence-electron chi connectivity index (χ0n) is 19.7. The highest BCUT2D eigenvalue weighted by atomic mass is 127. The van der Waals surface area contributed by atoms with Gasteiger partial charge in [0.2, 0.25) is 12.5 Å². The number of halogens is 1. The summed E-state index contributed by atoms with van der Waals surface area (Å²) in [5.41, 5.74) is 4.86. The summed E-state index contributed by atoms with van der Waals surface area (Å²) in [6.45, 7) is 1.69. The molecule has 0 amide bonds. The number of ether oxygens (including phenoxy) is 5. The number of nitrogens with zero attached hydrogens (tertiary/aromatic N) is 1. The van der Waals surface area contributed by atoms with E-state index < -0.39 is 0 Å². The van der Waals surface area contributed by atoms with Crippen molar-refractivity contribution in [3.63, 3.8) is 0 Å². The van der Waals surface area contributed by atoms with E-state index in [-0.39, 0.29) is 30.8 Å². The van der Waals surface area contributed by atoms with Crippen LogP contribution in [0.15, 0.2) is 60.8 Å². The van der Waals surface area contributed by atoms with Crippen molar-refractivity contribution < 1.29 is 52.2 Å². The smallest absolute Gasteiger partial charge is 0.231 e. The molecule has 6 nitrogen and oxygen atoms in total. The van der Waals surface area contributed by atoms with E-state index in [1.54, 1.807) is 14.2 Å². The molecule has 0 atom stereocenters. The topological polar surface area (TPSA) is 50.0 Å². The molecule has 0 aliphatic carbocycles. The first-order chi connectivity index (χ1) is 16.8. The van der Waals surface area contributed by atoms with Gasteiger partial charge in [0.05, 0.1) is 31.8 Å². The van der Waals surface area contributed by atoms with Gasteiger partial charge in [0.15, 0.2) is 35.7 Å². The summed E-state index contributed by atoms with van der Waals surface area (Å²) < 4.78 is 31.2. The maximum Gasteiger partial charge on any atom is 0.231 e. The monoisotopic (exact) mass is 583 g/mol. The molecule has 1 aromatic heterocycles. The average Bonchev–Trinajstić information content (AvgIpc) is 3.34. The molecule has 0 bridgehead atoms. The summed E-state index contributed by atoms with van der Waals surface area (Å²) in [5, 5.41) is 2.16. The lowest BCUT2D eigenvalue weighted by Crippen LogP contribution is -3.00. The maximum absolute atomic E-state index is 6.10. The summed E-state index contributed by atoms with van der Waals surface area (Å²) in [7, 11) is 3.36. The second-order valence-corrected chi connectivity index (χ2v) is 8.44. The average molecular weight is 583 g/mol. The molecule has 0 radical (unpaired) electrons. The number of aromatic nitrogens is 1. The summed E-state index contributed by atoms with van der Waals surface area (Å²) in [5.74, 6) is 3.96. The van der Waals surface area contributed by atoms with Crippen molar-refractivity contribution in [2.24, 2.45) is 0 Å². The van der Waals surface area contributed by atoms with Crippen molar-refractivity contribution in [2.75, 3.05) is 27.6 Å². The highest BCUT2D eigenvalue weighted by Crippen LogP contribution is 2.43. The van der Waals surface area contributed by atoms with Crippen LogP contribution in [0, 0.1) is 0 Å². The Labute approximate surface area is 221 Å². The molecule has 6 rings (SSSR count). The van der Waals surface area contributed by atoms with Gasteiger partial charge in [-0.05, 0) is 42.0 Å². The highest BCUT2D eigenvalue weighted by molar-refractivity contribution is 5.95. The van der Waals surface area contributed by atoms with E-state index in [0.717, 1.165) is 58.9 Å². The predicted molar refractivity (Wildman–Crippen MR) is 128 cm³/mol. The van der Waals surface area contributed by atoms with Crippen LogP contribution in [0.1, 0.15) is 11.1 Å². The van der Waals surface area contributed by atoms with Crippen molar-refractivity contribution in [3.8, 4) is 40.0 Å². The molecular formula is C28H26INO5. The van der Waals surface area contributed by atoms with Crippen LogP contribution < -0.4 is 52.2 Å². The van der Waals surface area contributed by atoms with Crippen LogP contribution in [-0.2, 0) is 19.4 Å². The van der Waals surface area contributed by atoms with E-state index in [2.05, 4.69) is 29.0 Å². The number of aryl methyl sites for hydroxylation is 2. The third kappa shape index (κ3) is 4.11. The summed E-state index contributed by atoms with van der Waals surface area (Å²) >= 11 is 0. The molecule has 3 aromatic carbocycles. The lowest BCUT2D eigenvalue weighted by atomic mass is 9.90. The minimum absolute atomic E-state index is 0. The molecule has 3 heterocycles. The molecule has 0 fully saturated rings. The number of hydrogen-bond acceptors (Lipinski definition) is 5. The van der Waals surface area contributed by atoms with E-state index in [9.17, 15) is 0 Å². The molecule has 0 spiro atoms. The molecule has 4 aromatic rings. The Bertz CT molecular complexity index is 1390. The van der Waals surface area contributed by atoms with Gasteiger partial charge in [-0.25, -0.2) is 0 Å². The van der Waals surface area contributed by atoms with E-state index in [4.69, 9.17) is 23.7 Å². The Morgan fingerprint density at radius 1 is 0.914 bits per heavy atom. The first kappa shape index (κ1) is 23.5. The molecule has 0 N–H and O–H groups in total. The molecule has 7 heteroatoms. The normalized spacial score (nSPS) is 13.0. The second-order valence-electron chi connectivity index (χ2n) is 8.44. The molecule has 2 aliphatic rings. The quantitative estimate of drug-likeness (QED) is 0.256. The molecular weight excluding hydrogens is 557 g/mol. The Morgan fingerprint density at radius 2 is 1.71 bits per heavy atom. The van der Waals surface area contributed by atoms with Crippen molar-refractivity contribution >= 4 is 10.8 Å². The van der Waals surface area contributed by atoms with Gasteiger partial charge < -0.3 is 47.7 Å². The van der Waals surface area contributed by atoms with Crippen LogP contribution in [0.25, 0.3) is 22.0 Å². The van der Waals surface area contributed by atoms with Gasteiger partial charge in [-0.3, -0.25) is 0 Å². The van der Waals surface area contributed by atoms with Crippen molar-refractivity contribution in [3.05, 3.63) is 71.9 Å². The van der Waals surface area contributed by atoms with E-state index in [1.807, 2.05) is 36.4 Å². The number of methoxy groups -OCH3 is 2. The SMILES string of the molecule is COc1ccc2c(CCOc3ccccc3)c3[n+](cc2c1OC)CCc1cc2c(cc1-3)OCO2.[I-]. The van der Waals surface area contributed by atoms with Crippen molar-refractivity contribution in [1.82, 2.24) is 0 Å². The molecule has 0 saturated heterocycles. The van der Waals surface area contributed by atoms with Gasteiger partial charge in [0, 0.05) is 23.8 Å². The van der Waals surface area contributed by atoms with Crippen LogP contribution in [0.3, 0.4) is 0 Å². The molecule has 0 saturated carbocycles. The van der Waals surface area contributed by atoms with E-state index >= 15 is 0 Å². The lowest BCUT2D eigenvalue weighted by Gasteiger charge is -2.21. The van der Waals surface area contributed by atoms with Crippen molar-refractivity contribution in [1.29, 1.82) is 0 Å². The van der Waals surface area contributed by atoms with Crippen LogP contribution >= 0.6 is 0 Å². The summed E-state index contributed by atoms with van der Waals surface area (Å²) in [6.07, 6.45) is 3.84. The minimum atomic E-state index is 0. The zero-order chi connectivity index (χ0) is 23.1. The van der Waals surface area contributed by atoms with Gasteiger partial charge in [0.25, 0.3) is 0 Å². The standard InChI is InChI=1S/C28H26NO5.HI/c1-30-24-9-8-20-21(11-13-32-19-6-4-3-5-7-19)27-22-15-26-25(33-17-34-26)14-18(22)10-12-29(27)16-23(20)28(24)31-2;/h3-9,14-16H,10-13,17H2,1-2H3;1H/q+1;/p-1. The van der Waals surface area contributed by atoms with Gasteiger partial charge >= 0.3 is 0 Å². The van der Waals surface area contributed by atoms with Crippen molar-refractivity contribution in [2.45, 2.75) is 19.4 Å². The Morgan fingerprint density at radius 3 is 2.49 bits per heavy atom. The zero-order valence-corrected chi connectivity index (χ0v) is 21.8. The second kappa shape index (κ2) is 9.81. The predicted octanol–water partition coefficient (Wildman–Crippen LogP) is 1.72. The summed E-state index contributed by atoms with van der Waals surface area (Å²) in [6, 6.07) is 18.3. The molecule has 35 heavy (non-hydrogen) atoms. The first-order valence-electron chi connectivity index (χ1n) is 11.5. The third-order valence-electron chi connectivity index (χ3n) is 6.61. The van der Waals surface area contributed by atoms with E-state index in [0.29, 0.717) is 6.61 Å². The van der Waals surface area contributed by atoms with Gasteiger partial charge in [-0.1, -0.05) is 18.2 Å². The number of hydrogen-bond donors (Lipinski definition) is 0. The first-order valence-corrected chi connectivity index (χ1v) is 11.5. The highest BCUT2D eigenvalue weighted by Gasteiger charge is 2.32. The fourth-order valence-electron chi connectivity index (χ4n) is 5.05. The number of fused-ring (bicyclic) bond motifs is 5. The third-order valence-corrected chi connectivity index (χ3v) is 6.61. The van der Waals surface area contributed by atoms with Gasteiger partial charge in [-0.2, -0.15) is 4.57 Å². The molecule has 0 unspecified atom stereocenters. The van der Waals surface area contributed by atoms with Gasteiger partial charge in [0.1, 0.15) is 5.75 Å². The van der Waals surface area contributed by atoms with Gasteiger partial charge in [-0.15, -0.1) is 0 Å². The lowest BCUT2D eigenvalue weighted by molar-refractivity contribution is -0.686. The number of benzene rings is 3. The Kier molecular flexibility index (Phi) is 6.60. The number of para-hydroxylation sites is 1. The Hall–Kier alpha value is -3.20.